The van der Waals surface area contributed by atoms with Crippen LogP contribution in [0.15, 0.2) is 33.2 Å². The highest BCUT2D eigenvalue weighted by atomic mass is 16.5. The number of rotatable bonds is 3. The minimum Gasteiger partial charge on any atom is -0.440 e. The molecular weight excluding hydrogens is 290 g/mol. The summed E-state index contributed by atoms with van der Waals surface area (Å²) in [5.41, 5.74) is 4.03. The van der Waals surface area contributed by atoms with E-state index in [1.54, 1.807) is 0 Å². The normalized spacial score (nSPS) is 19.5. The molecule has 23 heavy (non-hydrogen) atoms. The molecule has 1 aliphatic heterocycles. The lowest BCUT2D eigenvalue weighted by molar-refractivity contribution is 0.186. The fourth-order valence-corrected chi connectivity index (χ4v) is 3.42. The lowest BCUT2D eigenvalue weighted by atomic mass is 9.97. The highest BCUT2D eigenvalue weighted by Gasteiger charge is 2.26. The Morgan fingerprint density at radius 2 is 2.13 bits per heavy atom. The van der Waals surface area contributed by atoms with Crippen molar-refractivity contribution >= 4 is 11.1 Å². The summed E-state index contributed by atoms with van der Waals surface area (Å²) in [4.78, 5) is 7.13. The number of likely N-dealkylation sites (tertiary alicyclic amines) is 1. The highest BCUT2D eigenvalue weighted by molar-refractivity contribution is 5.72. The van der Waals surface area contributed by atoms with Crippen molar-refractivity contribution in [3.05, 3.63) is 47.2 Å². The van der Waals surface area contributed by atoms with Crippen LogP contribution >= 0.6 is 0 Å². The van der Waals surface area contributed by atoms with Gasteiger partial charge < -0.3 is 8.94 Å². The second-order valence-electron chi connectivity index (χ2n) is 6.40. The van der Waals surface area contributed by atoms with Gasteiger partial charge in [-0.1, -0.05) is 17.3 Å². The third kappa shape index (κ3) is 2.77. The van der Waals surface area contributed by atoms with E-state index in [2.05, 4.69) is 15.0 Å². The molecular formula is C18H21N3O2. The fourth-order valence-electron chi connectivity index (χ4n) is 3.42. The second-order valence-corrected chi connectivity index (χ2v) is 6.40. The first-order valence-corrected chi connectivity index (χ1v) is 8.20. The maximum Gasteiger partial charge on any atom is 0.199 e. The monoisotopic (exact) mass is 311 g/mol. The van der Waals surface area contributed by atoms with Crippen molar-refractivity contribution in [2.24, 2.45) is 0 Å². The molecule has 0 amide bonds. The molecule has 0 radical (unpaired) electrons. The van der Waals surface area contributed by atoms with Gasteiger partial charge in [0.1, 0.15) is 11.3 Å². The molecule has 0 bridgehead atoms. The molecule has 1 saturated heterocycles. The second kappa shape index (κ2) is 5.81. The summed E-state index contributed by atoms with van der Waals surface area (Å²) in [6.45, 7) is 6.95. The third-order valence-electron chi connectivity index (χ3n) is 4.73. The van der Waals surface area contributed by atoms with Crippen molar-refractivity contribution in [2.45, 2.75) is 39.2 Å². The third-order valence-corrected chi connectivity index (χ3v) is 4.73. The van der Waals surface area contributed by atoms with E-state index >= 15 is 0 Å². The molecule has 0 saturated carbocycles. The Balaban J connectivity index is 1.52. The van der Waals surface area contributed by atoms with E-state index in [0.717, 1.165) is 60.9 Å². The zero-order chi connectivity index (χ0) is 15.8. The van der Waals surface area contributed by atoms with Crippen LogP contribution < -0.4 is 0 Å². The van der Waals surface area contributed by atoms with Gasteiger partial charge in [0, 0.05) is 24.6 Å². The van der Waals surface area contributed by atoms with Crippen molar-refractivity contribution in [3.8, 4) is 0 Å². The largest absolute Gasteiger partial charge is 0.440 e. The van der Waals surface area contributed by atoms with Crippen LogP contribution in [0.1, 0.15) is 41.7 Å². The lowest BCUT2D eigenvalue weighted by Crippen LogP contribution is -2.34. The summed E-state index contributed by atoms with van der Waals surface area (Å²) in [5, 5.41) is 4.06. The van der Waals surface area contributed by atoms with Crippen LogP contribution in [0, 0.1) is 13.8 Å². The molecule has 120 valence electrons. The van der Waals surface area contributed by atoms with Gasteiger partial charge in [0.15, 0.2) is 11.5 Å². The van der Waals surface area contributed by atoms with Crippen molar-refractivity contribution < 1.29 is 8.94 Å². The maximum absolute atomic E-state index is 5.97. The quantitative estimate of drug-likeness (QED) is 0.736. The molecule has 5 nitrogen and oxygen atoms in total. The standard InChI is InChI=1S/C18H21N3O2/c1-12-15(13(2)23-20-12)11-21-9-5-6-14(10-21)18-19-16-7-3-4-8-17(16)22-18/h3-4,7-8,14H,5-6,9-11H2,1-2H3/t14-/m0/s1. The van der Waals surface area contributed by atoms with Crippen LogP contribution in [-0.4, -0.2) is 28.1 Å². The minimum absolute atomic E-state index is 0.358. The van der Waals surface area contributed by atoms with Gasteiger partial charge in [-0.25, -0.2) is 4.98 Å². The first-order valence-electron chi connectivity index (χ1n) is 8.20. The van der Waals surface area contributed by atoms with Gasteiger partial charge in [0.05, 0.1) is 5.69 Å². The van der Waals surface area contributed by atoms with E-state index in [9.17, 15) is 0 Å². The molecule has 1 aliphatic rings. The van der Waals surface area contributed by atoms with Crippen molar-refractivity contribution in [1.29, 1.82) is 0 Å². The zero-order valence-corrected chi connectivity index (χ0v) is 13.6. The molecule has 1 fully saturated rings. The summed E-state index contributed by atoms with van der Waals surface area (Å²) < 4.78 is 11.3. The van der Waals surface area contributed by atoms with Gasteiger partial charge in [-0.2, -0.15) is 0 Å². The highest BCUT2D eigenvalue weighted by Crippen LogP contribution is 2.30. The molecule has 1 atom stereocenters. The van der Waals surface area contributed by atoms with Gasteiger partial charge in [-0.15, -0.1) is 0 Å². The summed E-state index contributed by atoms with van der Waals surface area (Å²) in [7, 11) is 0. The molecule has 3 heterocycles. The van der Waals surface area contributed by atoms with Gasteiger partial charge in [-0.05, 0) is 45.4 Å². The fraction of sp³-hybridized carbons (Fsp3) is 0.444. The Labute approximate surface area is 135 Å². The molecule has 5 heteroatoms. The Morgan fingerprint density at radius 3 is 2.91 bits per heavy atom. The number of nitrogens with zero attached hydrogens (tertiary/aromatic N) is 3. The van der Waals surface area contributed by atoms with E-state index in [0.29, 0.717) is 5.92 Å². The van der Waals surface area contributed by atoms with Gasteiger partial charge in [0.2, 0.25) is 0 Å². The average molecular weight is 311 g/mol. The first-order chi connectivity index (χ1) is 11.2. The van der Waals surface area contributed by atoms with Gasteiger partial charge in [0.25, 0.3) is 0 Å². The summed E-state index contributed by atoms with van der Waals surface area (Å²) >= 11 is 0. The lowest BCUT2D eigenvalue weighted by Gasteiger charge is -2.31. The molecule has 0 aliphatic carbocycles. The Hall–Kier alpha value is -2.14. The van der Waals surface area contributed by atoms with Crippen molar-refractivity contribution in [1.82, 2.24) is 15.0 Å². The predicted octanol–water partition coefficient (Wildman–Crippen LogP) is 3.81. The number of piperidine rings is 1. The van der Waals surface area contributed by atoms with E-state index in [-0.39, 0.29) is 0 Å². The van der Waals surface area contributed by atoms with Crippen LogP contribution in [-0.2, 0) is 6.54 Å². The predicted molar refractivity (Wildman–Crippen MR) is 87.2 cm³/mol. The van der Waals surface area contributed by atoms with E-state index in [4.69, 9.17) is 8.94 Å². The molecule has 2 aromatic heterocycles. The van der Waals surface area contributed by atoms with E-state index < -0.39 is 0 Å². The number of hydrogen-bond donors (Lipinski definition) is 0. The SMILES string of the molecule is Cc1noc(C)c1CN1CCC[C@H](c2nc3ccccc3o2)C1. The number of fused-ring (bicyclic) bond motifs is 1. The Bertz CT molecular complexity index is 768. The zero-order valence-electron chi connectivity index (χ0n) is 13.6. The van der Waals surface area contributed by atoms with Gasteiger partial charge in [-0.3, -0.25) is 4.90 Å². The number of para-hydroxylation sites is 2. The van der Waals surface area contributed by atoms with Crippen LogP contribution in [0.3, 0.4) is 0 Å². The molecule has 1 aromatic carbocycles. The number of aromatic nitrogens is 2. The first kappa shape index (κ1) is 14.5. The Kier molecular flexibility index (Phi) is 3.65. The van der Waals surface area contributed by atoms with E-state index in [1.807, 2.05) is 38.1 Å². The molecule has 0 unspecified atom stereocenters. The van der Waals surface area contributed by atoms with Crippen LogP contribution in [0.25, 0.3) is 11.1 Å². The topological polar surface area (TPSA) is 55.3 Å². The number of oxazole rings is 1. The molecule has 0 spiro atoms. The average Bonchev–Trinajstić information content (AvgIpc) is 3.14. The van der Waals surface area contributed by atoms with Crippen molar-refractivity contribution in [3.63, 3.8) is 0 Å². The summed E-state index contributed by atoms with van der Waals surface area (Å²) in [6, 6.07) is 7.98. The number of hydrogen-bond acceptors (Lipinski definition) is 5. The maximum atomic E-state index is 5.97. The van der Waals surface area contributed by atoms with Gasteiger partial charge >= 0.3 is 0 Å². The summed E-state index contributed by atoms with van der Waals surface area (Å²) in [5.74, 6) is 2.15. The molecule has 3 aromatic rings. The molecule has 4 rings (SSSR count). The van der Waals surface area contributed by atoms with Crippen LogP contribution in [0.2, 0.25) is 0 Å². The molecule has 0 N–H and O–H groups in total. The van der Waals surface area contributed by atoms with E-state index in [1.165, 1.54) is 5.56 Å². The Morgan fingerprint density at radius 1 is 1.26 bits per heavy atom. The summed E-state index contributed by atoms with van der Waals surface area (Å²) in [6.07, 6.45) is 2.29. The number of aryl methyl sites for hydroxylation is 2. The number of benzene rings is 1. The smallest absolute Gasteiger partial charge is 0.199 e. The van der Waals surface area contributed by atoms with Crippen LogP contribution in [0.5, 0.6) is 0 Å². The minimum atomic E-state index is 0.358. The van der Waals surface area contributed by atoms with Crippen molar-refractivity contribution in [2.75, 3.05) is 13.1 Å². The van der Waals surface area contributed by atoms with Crippen LogP contribution in [0.4, 0.5) is 0 Å².